The summed E-state index contributed by atoms with van der Waals surface area (Å²) in [5, 5.41) is 0.947. The molecule has 0 bridgehead atoms. The summed E-state index contributed by atoms with van der Waals surface area (Å²) in [6.07, 6.45) is 1.56. The van der Waals surface area contributed by atoms with Crippen LogP contribution in [0, 0.1) is 5.82 Å². The van der Waals surface area contributed by atoms with Gasteiger partial charge in [0.05, 0.1) is 11.4 Å². The number of furan rings is 1. The molecule has 146 valence electrons. The molecule has 0 spiro atoms. The third kappa shape index (κ3) is 4.75. The van der Waals surface area contributed by atoms with Crippen molar-refractivity contribution in [2.75, 3.05) is 0 Å². The van der Waals surface area contributed by atoms with Gasteiger partial charge in [-0.3, -0.25) is 14.5 Å². The third-order valence-electron chi connectivity index (χ3n) is 4.04. The summed E-state index contributed by atoms with van der Waals surface area (Å²) in [6, 6.07) is 16.6. The van der Waals surface area contributed by atoms with Crippen LogP contribution >= 0.6 is 35.1 Å². The fourth-order valence-corrected chi connectivity index (χ4v) is 4.35. The van der Waals surface area contributed by atoms with Gasteiger partial charge in [-0.1, -0.05) is 35.5 Å². The van der Waals surface area contributed by atoms with Crippen LogP contribution in [0.5, 0.6) is 0 Å². The van der Waals surface area contributed by atoms with Crippen molar-refractivity contribution in [2.45, 2.75) is 16.5 Å². The van der Waals surface area contributed by atoms with Gasteiger partial charge in [0.25, 0.3) is 11.1 Å². The molecule has 0 saturated carbocycles. The molecule has 0 atom stereocenters. The minimum absolute atomic E-state index is 0.0953. The smallest absolute Gasteiger partial charge is 0.293 e. The lowest BCUT2D eigenvalue weighted by atomic mass is 10.2. The Morgan fingerprint density at radius 1 is 1.03 bits per heavy atom. The number of hydrogen-bond acceptors (Lipinski definition) is 5. The molecular formula is C21H13ClFNO3S2. The summed E-state index contributed by atoms with van der Waals surface area (Å²) in [4.78, 5) is 27.2. The SMILES string of the molecule is O=C1S/C(=C\c2ccc(Sc3ccc(Cl)cc3)o2)C(=O)N1Cc1ccc(F)cc1. The molecule has 0 radical (unpaired) electrons. The predicted molar refractivity (Wildman–Crippen MR) is 112 cm³/mol. The van der Waals surface area contributed by atoms with Crippen LogP contribution in [0.2, 0.25) is 5.02 Å². The Balaban J connectivity index is 1.46. The normalized spacial score (nSPS) is 15.5. The van der Waals surface area contributed by atoms with Gasteiger partial charge in [-0.25, -0.2) is 4.39 Å². The van der Waals surface area contributed by atoms with E-state index in [2.05, 4.69) is 0 Å². The van der Waals surface area contributed by atoms with E-state index in [1.54, 1.807) is 42.5 Å². The summed E-state index contributed by atoms with van der Waals surface area (Å²) in [7, 11) is 0. The molecule has 1 aromatic heterocycles. The zero-order valence-corrected chi connectivity index (χ0v) is 17.2. The molecule has 0 N–H and O–H groups in total. The van der Waals surface area contributed by atoms with E-state index in [1.165, 1.54) is 23.9 Å². The van der Waals surface area contributed by atoms with Crippen molar-refractivity contribution in [3.63, 3.8) is 0 Å². The molecule has 1 aliphatic rings. The molecule has 4 nitrogen and oxygen atoms in total. The maximum absolute atomic E-state index is 13.0. The van der Waals surface area contributed by atoms with E-state index in [0.717, 1.165) is 21.6 Å². The summed E-state index contributed by atoms with van der Waals surface area (Å²) in [6.45, 7) is 0.0953. The molecule has 4 rings (SSSR count). The van der Waals surface area contributed by atoms with Crippen molar-refractivity contribution in [2.24, 2.45) is 0 Å². The number of carbonyl (C=O) groups is 2. The molecule has 2 aromatic carbocycles. The van der Waals surface area contributed by atoms with Crippen LogP contribution in [0.15, 0.2) is 80.0 Å². The minimum atomic E-state index is -0.396. The van der Waals surface area contributed by atoms with Gasteiger partial charge in [0.2, 0.25) is 0 Å². The van der Waals surface area contributed by atoms with Gasteiger partial charge in [-0.2, -0.15) is 0 Å². The monoisotopic (exact) mass is 445 g/mol. The lowest BCUT2D eigenvalue weighted by molar-refractivity contribution is -0.123. The highest BCUT2D eigenvalue weighted by Crippen LogP contribution is 2.35. The fraction of sp³-hybridized carbons (Fsp3) is 0.0476. The number of nitrogens with zero attached hydrogens (tertiary/aromatic N) is 1. The quantitative estimate of drug-likeness (QED) is 0.422. The van der Waals surface area contributed by atoms with Gasteiger partial charge in [0.15, 0.2) is 5.09 Å². The molecule has 0 aliphatic carbocycles. The summed E-state index contributed by atoms with van der Waals surface area (Å²) < 4.78 is 18.8. The second-order valence-corrected chi connectivity index (χ2v) is 8.61. The Morgan fingerprint density at radius 2 is 1.76 bits per heavy atom. The van der Waals surface area contributed by atoms with Crippen LogP contribution in [-0.2, 0) is 11.3 Å². The molecule has 8 heteroatoms. The summed E-state index contributed by atoms with van der Waals surface area (Å²) in [5.74, 6) is -0.283. The average molecular weight is 446 g/mol. The third-order valence-corrected chi connectivity index (χ3v) is 6.12. The molecule has 2 heterocycles. The van der Waals surface area contributed by atoms with E-state index < -0.39 is 5.91 Å². The highest BCUT2D eigenvalue weighted by Gasteiger charge is 2.35. The zero-order chi connectivity index (χ0) is 20.4. The van der Waals surface area contributed by atoms with Crippen molar-refractivity contribution in [1.29, 1.82) is 0 Å². The molecular weight excluding hydrogens is 433 g/mol. The second kappa shape index (κ2) is 8.49. The van der Waals surface area contributed by atoms with Gasteiger partial charge >= 0.3 is 0 Å². The van der Waals surface area contributed by atoms with E-state index in [1.807, 2.05) is 12.1 Å². The van der Waals surface area contributed by atoms with Gasteiger partial charge in [-0.15, -0.1) is 0 Å². The fourth-order valence-electron chi connectivity index (χ4n) is 2.62. The number of thioether (sulfide) groups is 1. The first-order valence-electron chi connectivity index (χ1n) is 8.51. The number of benzene rings is 2. The summed E-state index contributed by atoms with van der Waals surface area (Å²) >= 11 is 8.17. The topological polar surface area (TPSA) is 50.5 Å². The molecule has 1 saturated heterocycles. The molecule has 1 aliphatic heterocycles. The molecule has 29 heavy (non-hydrogen) atoms. The first kappa shape index (κ1) is 19.8. The molecule has 0 unspecified atom stereocenters. The zero-order valence-electron chi connectivity index (χ0n) is 14.8. The summed E-state index contributed by atoms with van der Waals surface area (Å²) in [5.41, 5.74) is 0.676. The van der Waals surface area contributed by atoms with Crippen LogP contribution in [0.3, 0.4) is 0 Å². The predicted octanol–water partition coefficient (Wildman–Crippen LogP) is 6.46. The van der Waals surface area contributed by atoms with Crippen molar-refractivity contribution in [1.82, 2.24) is 4.90 Å². The molecule has 2 amide bonds. The van der Waals surface area contributed by atoms with Crippen LogP contribution in [0.25, 0.3) is 6.08 Å². The Kier molecular flexibility index (Phi) is 5.80. The number of carbonyl (C=O) groups excluding carboxylic acids is 2. The first-order valence-corrected chi connectivity index (χ1v) is 10.5. The van der Waals surface area contributed by atoms with Crippen LogP contribution in [0.4, 0.5) is 9.18 Å². The Labute approximate surface area is 179 Å². The highest BCUT2D eigenvalue weighted by atomic mass is 35.5. The number of imide groups is 1. The van der Waals surface area contributed by atoms with Gasteiger partial charge in [0.1, 0.15) is 11.6 Å². The lowest BCUT2D eigenvalue weighted by Gasteiger charge is -2.12. The largest absolute Gasteiger partial charge is 0.450 e. The van der Waals surface area contributed by atoms with E-state index in [4.69, 9.17) is 16.0 Å². The maximum atomic E-state index is 13.0. The van der Waals surface area contributed by atoms with Crippen molar-refractivity contribution in [3.8, 4) is 0 Å². The van der Waals surface area contributed by atoms with Gasteiger partial charge in [-0.05, 0) is 65.9 Å². The number of rotatable bonds is 5. The first-order chi connectivity index (χ1) is 14.0. The highest BCUT2D eigenvalue weighted by molar-refractivity contribution is 8.18. The average Bonchev–Trinajstić information content (AvgIpc) is 3.25. The van der Waals surface area contributed by atoms with Gasteiger partial charge in [0, 0.05) is 16.0 Å². The van der Waals surface area contributed by atoms with Crippen molar-refractivity contribution >= 4 is 52.3 Å². The lowest BCUT2D eigenvalue weighted by Crippen LogP contribution is -2.27. The van der Waals surface area contributed by atoms with Crippen LogP contribution < -0.4 is 0 Å². The van der Waals surface area contributed by atoms with E-state index in [9.17, 15) is 14.0 Å². The van der Waals surface area contributed by atoms with Crippen LogP contribution in [-0.4, -0.2) is 16.0 Å². The standard InChI is InChI=1S/C21H13ClFNO3S2/c22-14-3-8-17(9-4-14)28-19-10-7-16(27-19)11-18-20(25)24(21(26)29-18)12-13-1-5-15(23)6-2-13/h1-11H,12H2/b18-11-. The van der Waals surface area contributed by atoms with E-state index in [-0.39, 0.29) is 22.5 Å². The Morgan fingerprint density at radius 3 is 2.48 bits per heavy atom. The van der Waals surface area contributed by atoms with E-state index in [0.29, 0.717) is 21.4 Å². The number of hydrogen-bond donors (Lipinski definition) is 0. The van der Waals surface area contributed by atoms with E-state index >= 15 is 0 Å². The Bertz CT molecular complexity index is 1090. The van der Waals surface area contributed by atoms with Crippen molar-refractivity contribution < 1.29 is 18.4 Å². The van der Waals surface area contributed by atoms with Crippen molar-refractivity contribution in [3.05, 3.63) is 87.7 Å². The Hall–Kier alpha value is -2.48. The molecule has 3 aromatic rings. The second-order valence-electron chi connectivity index (χ2n) is 6.11. The molecule has 1 fully saturated rings. The number of halogens is 2. The number of amides is 2. The minimum Gasteiger partial charge on any atom is -0.450 e. The van der Waals surface area contributed by atoms with Crippen LogP contribution in [0.1, 0.15) is 11.3 Å². The maximum Gasteiger partial charge on any atom is 0.293 e. The van der Waals surface area contributed by atoms with Gasteiger partial charge < -0.3 is 4.42 Å².